The first-order valence-corrected chi connectivity index (χ1v) is 6.03. The highest BCUT2D eigenvalue weighted by Gasteiger charge is 2.14. The molecule has 2 rings (SSSR count). The van der Waals surface area contributed by atoms with E-state index in [1.165, 1.54) is 36.4 Å². The molecule has 0 aliphatic heterocycles. The summed E-state index contributed by atoms with van der Waals surface area (Å²) < 4.78 is 0. The fraction of sp³-hybridized carbons (Fsp3) is 0. The Morgan fingerprint density at radius 2 is 1.05 bits per heavy atom. The van der Waals surface area contributed by atoms with E-state index < -0.39 is 9.85 Å². The van der Waals surface area contributed by atoms with Gasteiger partial charge in [-0.2, -0.15) is 0 Å². The Bertz CT molecular complexity index is 657. The summed E-state index contributed by atoms with van der Waals surface area (Å²) in [6.07, 6.45) is 0. The van der Waals surface area contributed by atoms with E-state index in [0.717, 1.165) is 0 Å². The van der Waals surface area contributed by atoms with Crippen LogP contribution in [-0.2, 0) is 0 Å². The van der Waals surface area contributed by atoms with Crippen molar-refractivity contribution in [2.45, 2.75) is 0 Å². The lowest BCUT2D eigenvalue weighted by atomic mass is 10.0. The van der Waals surface area contributed by atoms with E-state index in [0.29, 0.717) is 11.1 Å². The third-order valence-corrected chi connectivity index (χ3v) is 2.96. The minimum Gasteiger partial charge on any atom is -0.258 e. The molecule has 6 nitrogen and oxygen atoms in total. The lowest BCUT2D eigenvalue weighted by Crippen LogP contribution is -1.91. The van der Waals surface area contributed by atoms with Crippen molar-refractivity contribution in [2.24, 2.45) is 0 Å². The van der Waals surface area contributed by atoms with E-state index in [4.69, 9.17) is 23.2 Å². The van der Waals surface area contributed by atoms with Crippen molar-refractivity contribution >= 4 is 34.6 Å². The van der Waals surface area contributed by atoms with Gasteiger partial charge in [-0.05, 0) is 23.3 Å². The summed E-state index contributed by atoms with van der Waals surface area (Å²) in [5, 5.41) is 21.9. The molecule has 0 fully saturated rings. The van der Waals surface area contributed by atoms with Crippen LogP contribution in [0.5, 0.6) is 0 Å². The number of hydrogen-bond acceptors (Lipinski definition) is 4. The van der Waals surface area contributed by atoms with Gasteiger partial charge in [0.1, 0.15) is 0 Å². The number of nitro groups is 2. The van der Waals surface area contributed by atoms with Gasteiger partial charge in [-0.1, -0.05) is 23.2 Å². The second kappa shape index (κ2) is 5.44. The molecule has 0 amide bonds. The van der Waals surface area contributed by atoms with E-state index in [1.54, 1.807) is 0 Å². The van der Waals surface area contributed by atoms with Gasteiger partial charge < -0.3 is 0 Å². The molecule has 2 aromatic carbocycles. The molecule has 0 aromatic heterocycles. The highest BCUT2D eigenvalue weighted by Crippen LogP contribution is 2.32. The molecule has 0 N–H and O–H groups in total. The van der Waals surface area contributed by atoms with Crippen molar-refractivity contribution in [1.29, 1.82) is 0 Å². The zero-order valence-corrected chi connectivity index (χ0v) is 11.3. The lowest BCUT2D eigenvalue weighted by molar-refractivity contribution is -0.385. The van der Waals surface area contributed by atoms with Crippen molar-refractivity contribution in [3.63, 3.8) is 0 Å². The standard InChI is InChI=1S/C12H6Cl2N2O4/c13-9-1-7(3-11(5-9)15(17)18)8-2-10(14)6-12(4-8)16(19)20/h1-6H. The Morgan fingerprint density at radius 1 is 0.700 bits per heavy atom. The zero-order valence-electron chi connectivity index (χ0n) is 9.75. The molecule has 0 aliphatic carbocycles. The van der Waals surface area contributed by atoms with E-state index in [2.05, 4.69) is 0 Å². The molecule has 0 saturated carbocycles. The Morgan fingerprint density at radius 3 is 1.35 bits per heavy atom. The fourth-order valence-corrected chi connectivity index (χ4v) is 2.15. The highest BCUT2D eigenvalue weighted by atomic mass is 35.5. The number of nitrogens with zero attached hydrogens (tertiary/aromatic N) is 2. The summed E-state index contributed by atoms with van der Waals surface area (Å²) in [7, 11) is 0. The molecule has 102 valence electrons. The topological polar surface area (TPSA) is 86.3 Å². The molecule has 2 aromatic rings. The molecule has 20 heavy (non-hydrogen) atoms. The van der Waals surface area contributed by atoms with Crippen LogP contribution in [0.2, 0.25) is 10.0 Å². The van der Waals surface area contributed by atoms with Gasteiger partial charge in [0.25, 0.3) is 11.4 Å². The molecular formula is C12H6Cl2N2O4. The van der Waals surface area contributed by atoms with E-state index in [-0.39, 0.29) is 21.4 Å². The third-order valence-electron chi connectivity index (χ3n) is 2.52. The van der Waals surface area contributed by atoms with Gasteiger partial charge in [0.05, 0.1) is 9.85 Å². The average Bonchev–Trinajstić information content (AvgIpc) is 2.37. The maximum atomic E-state index is 10.8. The predicted molar refractivity (Wildman–Crippen MR) is 75.2 cm³/mol. The molecule has 0 saturated heterocycles. The van der Waals surface area contributed by atoms with Crippen LogP contribution in [0.15, 0.2) is 36.4 Å². The summed E-state index contributed by atoms with van der Waals surface area (Å²) in [5.74, 6) is 0. The predicted octanol–water partition coefficient (Wildman–Crippen LogP) is 4.48. The molecule has 0 spiro atoms. The number of rotatable bonds is 3. The first kappa shape index (κ1) is 14.2. The highest BCUT2D eigenvalue weighted by molar-refractivity contribution is 6.31. The van der Waals surface area contributed by atoms with Crippen LogP contribution in [0.3, 0.4) is 0 Å². The van der Waals surface area contributed by atoms with E-state index in [1.807, 2.05) is 0 Å². The van der Waals surface area contributed by atoms with Crippen LogP contribution in [-0.4, -0.2) is 9.85 Å². The fourth-order valence-electron chi connectivity index (χ4n) is 1.69. The summed E-state index contributed by atoms with van der Waals surface area (Å²) in [6, 6.07) is 7.91. The molecule has 0 aliphatic rings. The van der Waals surface area contributed by atoms with Gasteiger partial charge in [-0.3, -0.25) is 20.2 Å². The van der Waals surface area contributed by atoms with Gasteiger partial charge in [0.2, 0.25) is 0 Å². The first-order chi connectivity index (χ1) is 9.36. The van der Waals surface area contributed by atoms with Gasteiger partial charge in [0, 0.05) is 34.3 Å². The lowest BCUT2D eigenvalue weighted by Gasteiger charge is -2.04. The van der Waals surface area contributed by atoms with Crippen molar-refractivity contribution in [2.75, 3.05) is 0 Å². The minimum atomic E-state index is -0.589. The third kappa shape index (κ3) is 3.04. The Kier molecular flexibility index (Phi) is 3.87. The van der Waals surface area contributed by atoms with Crippen LogP contribution >= 0.6 is 23.2 Å². The summed E-state index contributed by atoms with van der Waals surface area (Å²) >= 11 is 11.6. The normalized spacial score (nSPS) is 10.3. The molecule has 0 radical (unpaired) electrons. The Labute approximate surface area is 122 Å². The molecule has 0 heterocycles. The van der Waals surface area contributed by atoms with Gasteiger partial charge in [0.15, 0.2) is 0 Å². The van der Waals surface area contributed by atoms with Crippen LogP contribution in [0.25, 0.3) is 11.1 Å². The van der Waals surface area contributed by atoms with Crippen LogP contribution in [0.4, 0.5) is 11.4 Å². The van der Waals surface area contributed by atoms with Crippen molar-refractivity contribution in [1.82, 2.24) is 0 Å². The van der Waals surface area contributed by atoms with Crippen LogP contribution in [0, 0.1) is 20.2 Å². The van der Waals surface area contributed by atoms with Gasteiger partial charge >= 0.3 is 0 Å². The number of hydrogen-bond donors (Lipinski definition) is 0. The first-order valence-electron chi connectivity index (χ1n) is 5.27. The zero-order chi connectivity index (χ0) is 14.9. The largest absolute Gasteiger partial charge is 0.271 e. The number of halogens is 2. The number of nitro benzene ring substituents is 2. The van der Waals surface area contributed by atoms with Crippen molar-refractivity contribution < 1.29 is 9.85 Å². The van der Waals surface area contributed by atoms with Crippen LogP contribution < -0.4 is 0 Å². The monoisotopic (exact) mass is 312 g/mol. The molecule has 0 bridgehead atoms. The Hall–Kier alpha value is -2.18. The summed E-state index contributed by atoms with van der Waals surface area (Å²) in [4.78, 5) is 20.4. The quantitative estimate of drug-likeness (QED) is 0.617. The molecule has 0 atom stereocenters. The maximum Gasteiger partial charge on any atom is 0.271 e. The average molecular weight is 313 g/mol. The van der Waals surface area contributed by atoms with Crippen LogP contribution in [0.1, 0.15) is 0 Å². The molecule has 0 unspecified atom stereocenters. The second-order valence-corrected chi connectivity index (χ2v) is 4.78. The molecular weight excluding hydrogens is 307 g/mol. The summed E-state index contributed by atoms with van der Waals surface area (Å²) in [6.45, 7) is 0. The van der Waals surface area contributed by atoms with E-state index in [9.17, 15) is 20.2 Å². The maximum absolute atomic E-state index is 10.8. The molecule has 8 heteroatoms. The minimum absolute atomic E-state index is 0.164. The number of non-ortho nitro benzene ring substituents is 2. The van der Waals surface area contributed by atoms with Crippen molar-refractivity contribution in [3.8, 4) is 11.1 Å². The number of benzene rings is 2. The van der Waals surface area contributed by atoms with Crippen molar-refractivity contribution in [3.05, 3.63) is 66.7 Å². The van der Waals surface area contributed by atoms with Gasteiger partial charge in [-0.15, -0.1) is 0 Å². The smallest absolute Gasteiger partial charge is 0.258 e. The summed E-state index contributed by atoms with van der Waals surface area (Å²) in [5.41, 5.74) is 0.370. The van der Waals surface area contributed by atoms with Gasteiger partial charge in [-0.25, -0.2) is 0 Å². The second-order valence-electron chi connectivity index (χ2n) is 3.91. The Balaban J connectivity index is 2.62. The SMILES string of the molecule is O=[N+]([O-])c1cc(Cl)cc(-c2cc(Cl)cc([N+](=O)[O-])c2)c1. The van der Waals surface area contributed by atoms with E-state index >= 15 is 0 Å².